The molecule has 2 rings (SSSR count). The molecule has 0 bridgehead atoms. The van der Waals surface area contributed by atoms with Crippen molar-refractivity contribution in [3.8, 4) is 5.75 Å². The van der Waals surface area contributed by atoms with E-state index in [9.17, 15) is 8.78 Å². The van der Waals surface area contributed by atoms with E-state index in [-0.39, 0.29) is 11.3 Å². The van der Waals surface area contributed by atoms with Gasteiger partial charge in [-0.2, -0.15) is 8.78 Å². The third kappa shape index (κ3) is 2.73. The molecule has 0 radical (unpaired) electrons. The highest BCUT2D eigenvalue weighted by Gasteiger charge is 2.44. The van der Waals surface area contributed by atoms with Gasteiger partial charge in [0.1, 0.15) is 5.75 Å². The molecule has 1 aliphatic rings. The Labute approximate surface area is 113 Å². The minimum Gasteiger partial charge on any atom is -0.496 e. The minimum absolute atomic E-state index is 0.0150. The van der Waals surface area contributed by atoms with Gasteiger partial charge in [0.05, 0.1) is 18.7 Å². The summed E-state index contributed by atoms with van der Waals surface area (Å²) in [5.74, 6) is -2.32. The zero-order valence-corrected chi connectivity index (χ0v) is 11.7. The van der Waals surface area contributed by atoms with Gasteiger partial charge in [0.25, 0.3) is 5.92 Å². The first-order chi connectivity index (χ1) is 8.96. The van der Waals surface area contributed by atoms with Crippen LogP contribution in [0, 0.1) is 0 Å². The average molecular weight is 269 g/mol. The van der Waals surface area contributed by atoms with Crippen molar-refractivity contribution >= 4 is 0 Å². The summed E-state index contributed by atoms with van der Waals surface area (Å²) in [6, 6.07) is 4.22. The van der Waals surface area contributed by atoms with Crippen molar-refractivity contribution < 1.29 is 13.5 Å². The first-order valence-electron chi connectivity index (χ1n) is 6.76. The van der Waals surface area contributed by atoms with Crippen LogP contribution in [-0.2, 0) is 5.92 Å². The van der Waals surface area contributed by atoms with Gasteiger partial charge in [-0.3, -0.25) is 0 Å². The first-order valence-corrected chi connectivity index (χ1v) is 6.76. The van der Waals surface area contributed by atoms with Crippen molar-refractivity contribution in [2.24, 2.45) is 0 Å². The van der Waals surface area contributed by atoms with Crippen LogP contribution in [0.4, 0.5) is 8.78 Å². The molecule has 0 aromatic heterocycles. The lowest BCUT2D eigenvalue weighted by molar-refractivity contribution is -0.0394. The number of alkyl halides is 2. The molecule has 0 amide bonds. The van der Waals surface area contributed by atoms with E-state index in [0.717, 1.165) is 12.0 Å². The molecule has 2 nitrogen and oxygen atoms in total. The highest BCUT2D eigenvalue weighted by atomic mass is 19.3. The maximum Gasteiger partial charge on any atom is 0.291 e. The van der Waals surface area contributed by atoms with Gasteiger partial charge in [0.15, 0.2) is 0 Å². The second-order valence-corrected chi connectivity index (χ2v) is 5.39. The molecule has 1 atom stereocenters. The fourth-order valence-electron chi connectivity index (χ4n) is 2.52. The van der Waals surface area contributed by atoms with E-state index >= 15 is 0 Å². The largest absolute Gasteiger partial charge is 0.496 e. The Morgan fingerprint density at radius 1 is 1.37 bits per heavy atom. The van der Waals surface area contributed by atoms with E-state index in [1.807, 2.05) is 13.8 Å². The summed E-state index contributed by atoms with van der Waals surface area (Å²) in [4.78, 5) is 0. The van der Waals surface area contributed by atoms with Crippen molar-refractivity contribution in [2.45, 2.75) is 44.6 Å². The van der Waals surface area contributed by atoms with Gasteiger partial charge in [-0.25, -0.2) is 0 Å². The summed E-state index contributed by atoms with van der Waals surface area (Å²) in [7, 11) is 1.45. The Balaban J connectivity index is 2.37. The molecular weight excluding hydrogens is 248 g/mol. The van der Waals surface area contributed by atoms with Gasteiger partial charge in [0, 0.05) is 0 Å². The predicted octanol–water partition coefficient (Wildman–Crippen LogP) is 3.66. The second kappa shape index (κ2) is 5.45. The number of hydrogen-bond acceptors (Lipinski definition) is 2. The molecule has 1 saturated heterocycles. The summed E-state index contributed by atoms with van der Waals surface area (Å²) in [6.45, 7) is 4.73. The lowest BCUT2D eigenvalue weighted by Crippen LogP contribution is -2.38. The van der Waals surface area contributed by atoms with Gasteiger partial charge in [-0.1, -0.05) is 19.9 Å². The van der Waals surface area contributed by atoms with Gasteiger partial charge in [-0.05, 0) is 43.0 Å². The van der Waals surface area contributed by atoms with Gasteiger partial charge in [-0.15, -0.1) is 0 Å². The maximum absolute atomic E-state index is 14.5. The van der Waals surface area contributed by atoms with Crippen LogP contribution < -0.4 is 10.1 Å². The molecule has 0 spiro atoms. The number of methoxy groups -OCH3 is 1. The number of halogens is 2. The van der Waals surface area contributed by atoms with Gasteiger partial charge in [0.2, 0.25) is 0 Å². The zero-order chi connectivity index (χ0) is 14.0. The third-order valence-corrected chi connectivity index (χ3v) is 3.75. The number of rotatable bonds is 4. The Bertz CT molecular complexity index is 440. The fourth-order valence-corrected chi connectivity index (χ4v) is 2.52. The molecule has 1 aliphatic heterocycles. The summed E-state index contributed by atoms with van der Waals surface area (Å²) >= 11 is 0. The second-order valence-electron chi connectivity index (χ2n) is 5.39. The summed E-state index contributed by atoms with van der Waals surface area (Å²) in [6.07, 6.45) is 1.30. The molecule has 1 N–H and O–H groups in total. The summed E-state index contributed by atoms with van der Waals surface area (Å²) in [5.41, 5.74) is 0.995. The molecule has 19 heavy (non-hydrogen) atoms. The molecule has 1 aromatic rings. The van der Waals surface area contributed by atoms with Crippen molar-refractivity contribution in [2.75, 3.05) is 13.7 Å². The molecule has 0 aliphatic carbocycles. The zero-order valence-electron chi connectivity index (χ0n) is 11.7. The van der Waals surface area contributed by atoms with E-state index < -0.39 is 12.0 Å². The van der Waals surface area contributed by atoms with Crippen LogP contribution in [0.1, 0.15) is 43.7 Å². The number of benzene rings is 1. The Kier molecular flexibility index (Phi) is 4.09. The van der Waals surface area contributed by atoms with Crippen LogP contribution in [0.25, 0.3) is 0 Å². The van der Waals surface area contributed by atoms with Crippen LogP contribution in [0.2, 0.25) is 0 Å². The maximum atomic E-state index is 14.5. The molecule has 1 aromatic carbocycles. The monoisotopic (exact) mass is 269 g/mol. The van der Waals surface area contributed by atoms with E-state index in [0.29, 0.717) is 18.9 Å². The smallest absolute Gasteiger partial charge is 0.291 e. The lowest BCUT2D eigenvalue weighted by Gasteiger charge is -2.26. The van der Waals surface area contributed by atoms with E-state index in [1.165, 1.54) is 13.2 Å². The standard InChI is InChI=1S/C15H21F2NO/c1-10(2)11-6-7-12(13(9-11)19-3)15(16,17)14-5-4-8-18-14/h6-7,9-10,14,18H,4-5,8H2,1-3H3. The Hall–Kier alpha value is -1.16. The number of nitrogens with one attached hydrogen (secondary N) is 1. The minimum atomic E-state index is -2.89. The highest BCUT2D eigenvalue weighted by Crippen LogP contribution is 2.41. The Morgan fingerprint density at radius 2 is 2.11 bits per heavy atom. The van der Waals surface area contributed by atoms with Gasteiger partial charge >= 0.3 is 0 Å². The molecule has 1 unspecified atom stereocenters. The van der Waals surface area contributed by atoms with Crippen molar-refractivity contribution in [1.82, 2.24) is 5.32 Å². The summed E-state index contributed by atoms with van der Waals surface area (Å²) < 4.78 is 34.2. The van der Waals surface area contributed by atoms with Crippen LogP contribution in [-0.4, -0.2) is 19.7 Å². The normalized spacial score (nSPS) is 20.0. The van der Waals surface area contributed by atoms with Crippen LogP contribution >= 0.6 is 0 Å². The van der Waals surface area contributed by atoms with Crippen molar-refractivity contribution in [3.63, 3.8) is 0 Å². The molecular formula is C15H21F2NO. The molecule has 1 fully saturated rings. The summed E-state index contributed by atoms with van der Waals surface area (Å²) in [5, 5.41) is 2.88. The molecule has 1 heterocycles. The SMILES string of the molecule is COc1cc(C(C)C)ccc1C(F)(F)C1CCCN1. The van der Waals surface area contributed by atoms with E-state index in [1.54, 1.807) is 12.1 Å². The quantitative estimate of drug-likeness (QED) is 0.900. The lowest BCUT2D eigenvalue weighted by atomic mass is 9.95. The number of ether oxygens (including phenoxy) is 1. The third-order valence-electron chi connectivity index (χ3n) is 3.75. The van der Waals surface area contributed by atoms with E-state index in [2.05, 4.69) is 5.32 Å². The van der Waals surface area contributed by atoms with Crippen LogP contribution in [0.3, 0.4) is 0 Å². The molecule has 4 heteroatoms. The molecule has 106 valence electrons. The fraction of sp³-hybridized carbons (Fsp3) is 0.600. The van der Waals surface area contributed by atoms with Crippen molar-refractivity contribution in [1.29, 1.82) is 0 Å². The highest BCUT2D eigenvalue weighted by molar-refractivity contribution is 5.42. The van der Waals surface area contributed by atoms with Crippen LogP contribution in [0.5, 0.6) is 5.75 Å². The van der Waals surface area contributed by atoms with Gasteiger partial charge < -0.3 is 10.1 Å². The number of hydrogen-bond donors (Lipinski definition) is 1. The predicted molar refractivity (Wildman–Crippen MR) is 72.0 cm³/mol. The first kappa shape index (κ1) is 14.3. The topological polar surface area (TPSA) is 21.3 Å². The van der Waals surface area contributed by atoms with Crippen LogP contribution in [0.15, 0.2) is 18.2 Å². The van der Waals surface area contributed by atoms with Crippen molar-refractivity contribution in [3.05, 3.63) is 29.3 Å². The Morgan fingerprint density at radius 3 is 2.63 bits per heavy atom. The van der Waals surface area contributed by atoms with E-state index in [4.69, 9.17) is 4.74 Å². The molecule has 0 saturated carbocycles. The average Bonchev–Trinajstić information content (AvgIpc) is 2.92.